The monoisotopic (exact) mass is 344 g/mol. The van der Waals surface area contributed by atoms with E-state index < -0.39 is 0 Å². The second kappa shape index (κ2) is 5.40. The molecule has 3 aliphatic rings. The zero-order valence-electron chi connectivity index (χ0n) is 13.9. The Morgan fingerprint density at radius 3 is 2.54 bits per heavy atom. The van der Waals surface area contributed by atoms with Crippen molar-refractivity contribution in [2.24, 2.45) is 28.8 Å². The second-order valence-electron chi connectivity index (χ2n) is 7.12. The molecule has 2 bridgehead atoms. The number of benzene rings is 1. The summed E-state index contributed by atoms with van der Waals surface area (Å²) >= 11 is 0. The molecule has 6 heteroatoms. The van der Waals surface area contributed by atoms with Crippen molar-refractivity contribution < 1.29 is 9.59 Å². The van der Waals surface area contributed by atoms with Crippen LogP contribution in [0.2, 0.25) is 0 Å². The smallest absolute Gasteiger partial charge is 0.254 e. The van der Waals surface area contributed by atoms with Crippen molar-refractivity contribution in [3.63, 3.8) is 0 Å². The Morgan fingerprint density at radius 2 is 1.85 bits per heavy atom. The molecule has 2 amide bonds. The molecule has 26 heavy (non-hydrogen) atoms. The highest BCUT2D eigenvalue weighted by Gasteiger charge is 2.59. The third kappa shape index (κ3) is 1.94. The topological polar surface area (TPSA) is 78.5 Å². The molecule has 1 saturated carbocycles. The van der Waals surface area contributed by atoms with Gasteiger partial charge in [0.25, 0.3) is 11.8 Å². The maximum absolute atomic E-state index is 12.7. The molecule has 4 atom stereocenters. The number of rotatable bonds is 3. The van der Waals surface area contributed by atoms with E-state index in [1.54, 1.807) is 6.21 Å². The summed E-state index contributed by atoms with van der Waals surface area (Å²) < 4.78 is 1.84. The number of carbonyl (C=O) groups excluding carboxylic acids is 2. The van der Waals surface area contributed by atoms with Crippen LogP contribution in [-0.2, 0) is 16.1 Å². The Labute approximate surface area is 150 Å². The van der Waals surface area contributed by atoms with Crippen molar-refractivity contribution in [3.8, 4) is 6.07 Å². The first-order valence-corrected chi connectivity index (χ1v) is 8.74. The number of amides is 2. The minimum Gasteiger partial charge on any atom is -0.333 e. The summed E-state index contributed by atoms with van der Waals surface area (Å²) in [6, 6.07) is 9.84. The van der Waals surface area contributed by atoms with Crippen molar-refractivity contribution in [1.29, 1.82) is 5.26 Å². The lowest BCUT2D eigenvalue weighted by Crippen LogP contribution is -2.28. The SMILES string of the molecule is N#CCn1cc(C=NN2C(=O)[C@@H]3[C@H](C2=O)[C@H]2C=C[C@H]3C2)c2ccccc21. The van der Waals surface area contributed by atoms with Gasteiger partial charge in [-0.2, -0.15) is 15.4 Å². The van der Waals surface area contributed by atoms with E-state index >= 15 is 0 Å². The van der Waals surface area contributed by atoms with Crippen LogP contribution in [-0.4, -0.2) is 27.6 Å². The lowest BCUT2D eigenvalue weighted by Gasteiger charge is -2.13. The van der Waals surface area contributed by atoms with Crippen LogP contribution in [0.5, 0.6) is 0 Å². The van der Waals surface area contributed by atoms with Gasteiger partial charge in [-0.1, -0.05) is 30.4 Å². The third-order valence-electron chi connectivity index (χ3n) is 5.82. The first kappa shape index (κ1) is 15.1. The molecule has 0 spiro atoms. The van der Waals surface area contributed by atoms with E-state index in [1.807, 2.05) is 35.0 Å². The number of nitriles is 1. The molecule has 2 heterocycles. The van der Waals surface area contributed by atoms with Crippen molar-refractivity contribution in [3.05, 3.63) is 48.2 Å². The highest BCUT2D eigenvalue weighted by Crippen LogP contribution is 2.52. The number of nitrogens with zero attached hydrogens (tertiary/aromatic N) is 4. The molecular weight excluding hydrogens is 328 g/mol. The van der Waals surface area contributed by atoms with Crippen LogP contribution in [0.15, 0.2) is 47.7 Å². The Hall–Kier alpha value is -3.20. The Bertz CT molecular complexity index is 1010. The first-order chi connectivity index (χ1) is 12.7. The van der Waals surface area contributed by atoms with Gasteiger partial charge in [0, 0.05) is 22.7 Å². The summed E-state index contributed by atoms with van der Waals surface area (Å²) in [5.74, 6) is -0.495. The molecule has 0 unspecified atom stereocenters. The van der Waals surface area contributed by atoms with E-state index in [-0.39, 0.29) is 42.0 Å². The van der Waals surface area contributed by atoms with E-state index in [4.69, 9.17) is 5.26 Å². The predicted octanol–water partition coefficient (Wildman–Crippen LogP) is 2.31. The summed E-state index contributed by atoms with van der Waals surface area (Å²) in [6.45, 7) is 0.231. The van der Waals surface area contributed by atoms with Gasteiger partial charge in [0.05, 0.1) is 24.1 Å². The van der Waals surface area contributed by atoms with E-state index in [2.05, 4.69) is 23.3 Å². The second-order valence-corrected chi connectivity index (χ2v) is 7.12. The fraction of sp³-hybridized carbons (Fsp3) is 0.300. The van der Waals surface area contributed by atoms with Crippen LogP contribution in [0.3, 0.4) is 0 Å². The summed E-state index contributed by atoms with van der Waals surface area (Å²) in [4.78, 5) is 25.4. The largest absolute Gasteiger partial charge is 0.333 e. The average Bonchev–Trinajstić information content (AvgIpc) is 3.39. The highest BCUT2D eigenvalue weighted by molar-refractivity contribution is 6.07. The molecule has 1 aromatic heterocycles. The number of aromatic nitrogens is 1. The fourth-order valence-electron chi connectivity index (χ4n) is 4.71. The Kier molecular flexibility index (Phi) is 3.13. The van der Waals surface area contributed by atoms with Crippen LogP contribution < -0.4 is 0 Å². The van der Waals surface area contributed by atoms with Gasteiger partial charge in [0.1, 0.15) is 6.54 Å². The maximum atomic E-state index is 12.7. The summed E-state index contributed by atoms with van der Waals surface area (Å²) in [5.41, 5.74) is 1.71. The van der Waals surface area contributed by atoms with Crippen molar-refractivity contribution in [1.82, 2.24) is 9.58 Å². The molecule has 1 aliphatic heterocycles. The molecule has 2 aliphatic carbocycles. The number of fused-ring (bicyclic) bond motifs is 6. The van der Waals surface area contributed by atoms with Gasteiger partial charge in [-0.05, 0) is 24.3 Å². The van der Waals surface area contributed by atoms with Gasteiger partial charge >= 0.3 is 0 Å². The molecule has 5 rings (SSSR count). The summed E-state index contributed by atoms with van der Waals surface area (Å²) in [6.07, 6.45) is 8.43. The molecular formula is C20H16N4O2. The number of hydrazone groups is 1. The lowest BCUT2D eigenvalue weighted by atomic mass is 9.85. The van der Waals surface area contributed by atoms with Gasteiger partial charge < -0.3 is 4.57 Å². The molecule has 1 saturated heterocycles. The van der Waals surface area contributed by atoms with E-state index in [0.717, 1.165) is 27.9 Å². The van der Waals surface area contributed by atoms with E-state index in [1.165, 1.54) is 0 Å². The highest BCUT2D eigenvalue weighted by atomic mass is 16.2. The van der Waals surface area contributed by atoms with Crippen molar-refractivity contribution in [2.45, 2.75) is 13.0 Å². The van der Waals surface area contributed by atoms with Gasteiger partial charge in [0.15, 0.2) is 0 Å². The molecule has 1 aromatic carbocycles. The minimum absolute atomic E-state index is 0.180. The van der Waals surface area contributed by atoms with Gasteiger partial charge in [-0.3, -0.25) is 9.59 Å². The quantitative estimate of drug-likeness (QED) is 0.487. The van der Waals surface area contributed by atoms with Gasteiger partial charge in [-0.25, -0.2) is 0 Å². The predicted molar refractivity (Wildman–Crippen MR) is 94.7 cm³/mol. The lowest BCUT2D eigenvalue weighted by molar-refractivity contribution is -0.140. The molecule has 2 aromatic rings. The number of hydrogen-bond acceptors (Lipinski definition) is 4. The Balaban J connectivity index is 1.48. The van der Waals surface area contributed by atoms with Crippen LogP contribution in [0.4, 0.5) is 0 Å². The third-order valence-corrected chi connectivity index (χ3v) is 5.82. The fourth-order valence-corrected chi connectivity index (χ4v) is 4.71. The van der Waals surface area contributed by atoms with E-state index in [0.29, 0.717) is 0 Å². The van der Waals surface area contributed by atoms with Crippen molar-refractivity contribution >= 4 is 28.9 Å². The number of para-hydroxylation sites is 1. The van der Waals surface area contributed by atoms with Crippen LogP contribution in [0.25, 0.3) is 10.9 Å². The zero-order valence-corrected chi connectivity index (χ0v) is 13.9. The van der Waals surface area contributed by atoms with Crippen LogP contribution in [0.1, 0.15) is 12.0 Å². The Morgan fingerprint density at radius 1 is 1.15 bits per heavy atom. The van der Waals surface area contributed by atoms with Gasteiger partial charge in [-0.15, -0.1) is 0 Å². The van der Waals surface area contributed by atoms with Crippen molar-refractivity contribution in [2.75, 3.05) is 0 Å². The molecule has 0 radical (unpaired) electrons. The number of carbonyl (C=O) groups is 2. The normalized spacial score (nSPS) is 29.3. The maximum Gasteiger partial charge on any atom is 0.254 e. The van der Waals surface area contributed by atoms with Gasteiger partial charge in [0.2, 0.25) is 0 Å². The summed E-state index contributed by atoms with van der Waals surface area (Å²) in [7, 11) is 0. The zero-order chi connectivity index (χ0) is 17.8. The number of allylic oxidation sites excluding steroid dienone is 2. The first-order valence-electron chi connectivity index (χ1n) is 8.74. The number of hydrogen-bond donors (Lipinski definition) is 0. The minimum atomic E-state index is -0.241. The molecule has 0 N–H and O–H groups in total. The molecule has 6 nitrogen and oxygen atoms in total. The standard InChI is InChI=1S/C20H16N4O2/c21-7-8-23-11-14(15-3-1-2-4-16(15)23)10-22-24-19(25)17-12-5-6-13(9-12)18(17)20(24)26/h1-6,10-13,17-18H,8-9H2/t12-,13-,17-,18+/m0/s1. The molecule has 128 valence electrons. The molecule has 2 fully saturated rings. The summed E-state index contributed by atoms with van der Waals surface area (Å²) in [5, 5.41) is 15.2. The van der Waals surface area contributed by atoms with Crippen LogP contribution >= 0.6 is 0 Å². The van der Waals surface area contributed by atoms with E-state index in [9.17, 15) is 9.59 Å². The average molecular weight is 344 g/mol. The number of imide groups is 1. The van der Waals surface area contributed by atoms with Crippen LogP contribution in [0, 0.1) is 35.0 Å².